The van der Waals surface area contributed by atoms with Crippen LogP contribution in [0, 0.1) is 5.92 Å². The molecule has 1 N–H and O–H groups in total. The number of piperidine rings is 1. The van der Waals surface area contributed by atoms with Crippen molar-refractivity contribution < 1.29 is 23.8 Å². The van der Waals surface area contributed by atoms with E-state index in [1.54, 1.807) is 34.5 Å². The van der Waals surface area contributed by atoms with Crippen LogP contribution in [0.4, 0.5) is 21.4 Å². The quantitative estimate of drug-likeness (QED) is 0.542. The van der Waals surface area contributed by atoms with Crippen LogP contribution in [0.3, 0.4) is 0 Å². The van der Waals surface area contributed by atoms with Crippen molar-refractivity contribution in [2.45, 2.75) is 71.6 Å². The van der Waals surface area contributed by atoms with Crippen LogP contribution in [0.2, 0.25) is 0 Å². The summed E-state index contributed by atoms with van der Waals surface area (Å²) in [4.78, 5) is 45.2. The monoisotopic (exact) mass is 527 g/mol. The first-order chi connectivity index (χ1) is 18.1. The van der Waals surface area contributed by atoms with E-state index >= 15 is 0 Å². The van der Waals surface area contributed by atoms with Gasteiger partial charge in [0.2, 0.25) is 5.95 Å². The topological polar surface area (TPSA) is 132 Å². The molecule has 206 valence electrons. The molecule has 12 heteroatoms. The molecule has 2 aliphatic rings. The molecule has 0 aliphatic carbocycles. The Kier molecular flexibility index (Phi) is 8.48. The summed E-state index contributed by atoms with van der Waals surface area (Å²) in [5.41, 5.74) is 0.427. The van der Waals surface area contributed by atoms with Crippen LogP contribution in [0.1, 0.15) is 53.0 Å². The van der Waals surface area contributed by atoms with Crippen molar-refractivity contribution in [2.75, 3.05) is 36.5 Å². The van der Waals surface area contributed by atoms with Crippen molar-refractivity contribution in [3.05, 3.63) is 30.2 Å². The largest absolute Gasteiger partial charge is 0.460 e. The third kappa shape index (κ3) is 7.20. The van der Waals surface area contributed by atoms with Crippen LogP contribution in [-0.2, 0) is 15.9 Å². The number of rotatable bonds is 8. The van der Waals surface area contributed by atoms with E-state index in [1.165, 1.54) is 0 Å². The standard InChI is InChI=1S/C26H37N7O5/c1-17(2)20-16-36-25(35)33(20)21-7-11-28-22(31-21)27-10-6-18-14-29-23(30-15-18)37-19-8-12-32(13-9-19)24(34)38-26(3,4)5/h7,11,14-15,17,19-20H,6,8-10,12-13,16H2,1-5H3,(H,27,28,31)/t20-/m1/s1. The summed E-state index contributed by atoms with van der Waals surface area (Å²) in [6.07, 6.45) is 6.43. The van der Waals surface area contributed by atoms with Crippen molar-refractivity contribution in [3.8, 4) is 6.01 Å². The van der Waals surface area contributed by atoms with E-state index in [2.05, 4.69) is 25.3 Å². The Labute approximate surface area is 223 Å². The molecule has 0 spiro atoms. The fourth-order valence-corrected chi connectivity index (χ4v) is 4.24. The Balaban J connectivity index is 1.22. The average Bonchev–Trinajstić information content (AvgIpc) is 3.26. The summed E-state index contributed by atoms with van der Waals surface area (Å²) in [6.45, 7) is 11.7. The summed E-state index contributed by atoms with van der Waals surface area (Å²) < 4.78 is 16.6. The van der Waals surface area contributed by atoms with Gasteiger partial charge in [0.05, 0.1) is 6.04 Å². The van der Waals surface area contributed by atoms with Gasteiger partial charge >= 0.3 is 18.2 Å². The van der Waals surface area contributed by atoms with E-state index in [4.69, 9.17) is 14.2 Å². The van der Waals surface area contributed by atoms with Crippen molar-refractivity contribution in [1.29, 1.82) is 0 Å². The number of carbonyl (C=O) groups excluding carboxylic acids is 2. The molecule has 2 fully saturated rings. The maximum Gasteiger partial charge on any atom is 0.415 e. The number of anilines is 2. The predicted octanol–water partition coefficient (Wildman–Crippen LogP) is 3.68. The highest BCUT2D eigenvalue weighted by Crippen LogP contribution is 2.26. The molecule has 0 aromatic carbocycles. The molecule has 1 atom stereocenters. The van der Waals surface area contributed by atoms with Gasteiger partial charge in [0.15, 0.2) is 0 Å². The van der Waals surface area contributed by atoms with Gasteiger partial charge in [-0.3, -0.25) is 4.90 Å². The van der Waals surface area contributed by atoms with Crippen molar-refractivity contribution >= 4 is 24.0 Å². The second kappa shape index (κ2) is 11.8. The number of nitrogens with zero attached hydrogens (tertiary/aromatic N) is 6. The minimum atomic E-state index is -0.507. The van der Waals surface area contributed by atoms with E-state index in [0.717, 1.165) is 5.56 Å². The lowest BCUT2D eigenvalue weighted by Gasteiger charge is -2.33. The van der Waals surface area contributed by atoms with Gasteiger partial charge in [0.1, 0.15) is 24.1 Å². The second-order valence-electron chi connectivity index (χ2n) is 10.8. The van der Waals surface area contributed by atoms with Crippen molar-refractivity contribution in [1.82, 2.24) is 24.8 Å². The van der Waals surface area contributed by atoms with Gasteiger partial charge in [-0.2, -0.15) is 4.98 Å². The smallest absolute Gasteiger partial charge is 0.415 e. The molecule has 2 saturated heterocycles. The third-order valence-corrected chi connectivity index (χ3v) is 6.31. The predicted molar refractivity (Wildman–Crippen MR) is 140 cm³/mol. The number of amides is 2. The molecule has 0 radical (unpaired) electrons. The van der Waals surface area contributed by atoms with Crippen molar-refractivity contribution in [3.63, 3.8) is 0 Å². The van der Waals surface area contributed by atoms with Gasteiger partial charge in [-0.1, -0.05) is 13.8 Å². The highest BCUT2D eigenvalue weighted by Gasteiger charge is 2.37. The molecule has 2 aromatic rings. The summed E-state index contributed by atoms with van der Waals surface area (Å²) in [7, 11) is 0. The maximum absolute atomic E-state index is 12.2. The molecule has 12 nitrogen and oxygen atoms in total. The molecule has 2 aromatic heterocycles. The van der Waals surface area contributed by atoms with E-state index in [0.29, 0.717) is 63.3 Å². The van der Waals surface area contributed by atoms with E-state index in [1.807, 2.05) is 34.6 Å². The van der Waals surface area contributed by atoms with Crippen LogP contribution in [0.25, 0.3) is 0 Å². The first-order valence-electron chi connectivity index (χ1n) is 13.1. The van der Waals surface area contributed by atoms with E-state index < -0.39 is 5.60 Å². The molecule has 38 heavy (non-hydrogen) atoms. The maximum atomic E-state index is 12.2. The van der Waals surface area contributed by atoms with Gasteiger partial charge in [-0.15, -0.1) is 0 Å². The molecule has 0 saturated carbocycles. The summed E-state index contributed by atoms with van der Waals surface area (Å²) in [5, 5.41) is 3.19. The van der Waals surface area contributed by atoms with Gasteiger partial charge in [0.25, 0.3) is 0 Å². The molecular weight excluding hydrogens is 490 g/mol. The van der Waals surface area contributed by atoms with Gasteiger partial charge in [-0.05, 0) is 44.7 Å². The zero-order chi connectivity index (χ0) is 27.3. The Morgan fingerprint density at radius 3 is 2.55 bits per heavy atom. The molecular formula is C26H37N7O5. The van der Waals surface area contributed by atoms with Crippen LogP contribution < -0.4 is 15.0 Å². The molecule has 0 bridgehead atoms. The number of carbonyl (C=O) groups is 2. The number of aromatic nitrogens is 4. The number of likely N-dealkylation sites (tertiary alicyclic amines) is 1. The number of nitrogens with one attached hydrogen (secondary N) is 1. The van der Waals surface area contributed by atoms with Gasteiger partial charge < -0.3 is 24.4 Å². The van der Waals surface area contributed by atoms with Gasteiger partial charge in [0, 0.05) is 51.1 Å². The number of ether oxygens (including phenoxy) is 3. The average molecular weight is 528 g/mol. The SMILES string of the molecule is CC(C)[C@H]1COC(=O)N1c1ccnc(NCCc2cnc(OC3CCN(C(=O)OC(C)(C)C)CC3)nc2)n1. The lowest BCUT2D eigenvalue weighted by atomic mass is 10.0. The fourth-order valence-electron chi connectivity index (χ4n) is 4.24. The second-order valence-corrected chi connectivity index (χ2v) is 10.8. The number of cyclic esters (lactones) is 1. The van der Waals surface area contributed by atoms with Crippen LogP contribution in [0.5, 0.6) is 6.01 Å². The van der Waals surface area contributed by atoms with Gasteiger partial charge in [-0.25, -0.2) is 24.5 Å². The first-order valence-corrected chi connectivity index (χ1v) is 13.1. The van der Waals surface area contributed by atoms with Crippen LogP contribution in [0.15, 0.2) is 24.7 Å². The molecule has 2 amide bonds. The van der Waals surface area contributed by atoms with Crippen LogP contribution >= 0.6 is 0 Å². The van der Waals surface area contributed by atoms with Crippen molar-refractivity contribution in [2.24, 2.45) is 5.92 Å². The Hall–Kier alpha value is -3.70. The first kappa shape index (κ1) is 27.3. The van der Waals surface area contributed by atoms with E-state index in [9.17, 15) is 9.59 Å². The Bertz CT molecular complexity index is 1100. The highest BCUT2D eigenvalue weighted by molar-refractivity contribution is 5.89. The minimum Gasteiger partial charge on any atom is -0.460 e. The fraction of sp³-hybridized carbons (Fsp3) is 0.615. The summed E-state index contributed by atoms with van der Waals surface area (Å²) in [6, 6.07) is 1.98. The molecule has 0 unspecified atom stereocenters. The molecule has 2 aliphatic heterocycles. The lowest BCUT2D eigenvalue weighted by molar-refractivity contribution is 0.0119. The molecule has 4 heterocycles. The minimum absolute atomic E-state index is 0.0474. The zero-order valence-corrected chi connectivity index (χ0v) is 22.7. The van der Waals surface area contributed by atoms with Crippen LogP contribution in [-0.4, -0.2) is 81.0 Å². The highest BCUT2D eigenvalue weighted by atomic mass is 16.6. The third-order valence-electron chi connectivity index (χ3n) is 6.31. The lowest BCUT2D eigenvalue weighted by Crippen LogP contribution is -2.44. The normalized spacial score (nSPS) is 18.5. The zero-order valence-electron chi connectivity index (χ0n) is 22.7. The Morgan fingerprint density at radius 2 is 1.89 bits per heavy atom. The Morgan fingerprint density at radius 1 is 1.18 bits per heavy atom. The number of hydrogen-bond acceptors (Lipinski definition) is 10. The van der Waals surface area contributed by atoms with E-state index in [-0.39, 0.29) is 30.3 Å². The summed E-state index contributed by atoms with van der Waals surface area (Å²) >= 11 is 0. The number of hydrogen-bond donors (Lipinski definition) is 1. The molecule has 4 rings (SSSR count). The summed E-state index contributed by atoms with van der Waals surface area (Å²) in [5.74, 6) is 1.19.